The number of guanidine groups is 1. The van der Waals surface area contributed by atoms with Crippen molar-refractivity contribution in [3.05, 3.63) is 23.8 Å². The number of aromatic hydroxyl groups is 1. The molecule has 0 spiro atoms. The molecule has 2 N–H and O–H groups in total. The zero-order valence-corrected chi connectivity index (χ0v) is 15.0. The van der Waals surface area contributed by atoms with Crippen LogP contribution in [0.25, 0.3) is 0 Å². The minimum Gasteiger partial charge on any atom is -0.504 e. The average molecular weight is 405 g/mol. The Morgan fingerprint density at radius 3 is 2.67 bits per heavy atom. The number of likely N-dealkylation sites (tertiary alicyclic amines) is 1. The third kappa shape index (κ3) is 4.94. The Kier molecular flexibility index (Phi) is 7.63. The summed E-state index contributed by atoms with van der Waals surface area (Å²) < 4.78 is 5.04. The Morgan fingerprint density at radius 1 is 1.38 bits per heavy atom. The highest BCUT2D eigenvalue weighted by molar-refractivity contribution is 14.0. The van der Waals surface area contributed by atoms with E-state index in [0.29, 0.717) is 12.3 Å². The molecule has 1 aliphatic heterocycles. The summed E-state index contributed by atoms with van der Waals surface area (Å²) in [5, 5.41) is 13.1. The lowest BCUT2D eigenvalue weighted by atomic mass is 10.2. The molecule has 0 aromatic heterocycles. The van der Waals surface area contributed by atoms with Gasteiger partial charge in [0.15, 0.2) is 17.5 Å². The van der Waals surface area contributed by atoms with Crippen LogP contribution < -0.4 is 10.1 Å². The van der Waals surface area contributed by atoms with Crippen LogP contribution in [0.2, 0.25) is 0 Å². The summed E-state index contributed by atoms with van der Waals surface area (Å²) in [6.45, 7) is 5.63. The van der Waals surface area contributed by atoms with Crippen LogP contribution in [0.1, 0.15) is 25.3 Å². The molecule has 1 aromatic carbocycles. The number of benzene rings is 1. The summed E-state index contributed by atoms with van der Waals surface area (Å²) in [6.07, 6.45) is 2.46. The molecule has 21 heavy (non-hydrogen) atoms. The van der Waals surface area contributed by atoms with Crippen LogP contribution in [-0.2, 0) is 6.54 Å². The number of aliphatic imine (C=N–C) groups is 1. The molecule has 6 heteroatoms. The lowest BCUT2D eigenvalue weighted by Gasteiger charge is -2.20. The number of ether oxygens (including phenoxy) is 1. The van der Waals surface area contributed by atoms with Gasteiger partial charge in [0.05, 0.1) is 13.7 Å². The van der Waals surface area contributed by atoms with Gasteiger partial charge in [-0.25, -0.2) is 4.99 Å². The molecule has 0 radical (unpaired) electrons. The fourth-order valence-corrected chi connectivity index (χ4v) is 2.35. The lowest BCUT2D eigenvalue weighted by Crippen LogP contribution is -2.39. The molecular weight excluding hydrogens is 381 g/mol. The highest BCUT2D eigenvalue weighted by Gasteiger charge is 2.15. The van der Waals surface area contributed by atoms with Crippen LogP contribution in [-0.4, -0.2) is 42.7 Å². The number of phenolic OH excluding ortho intramolecular Hbond substituents is 1. The number of methoxy groups -OCH3 is 1. The first-order chi connectivity index (χ1) is 9.74. The fraction of sp³-hybridized carbons (Fsp3) is 0.533. The van der Waals surface area contributed by atoms with Gasteiger partial charge in [0.25, 0.3) is 0 Å². The molecule has 0 amide bonds. The fourth-order valence-electron chi connectivity index (χ4n) is 2.35. The van der Waals surface area contributed by atoms with Gasteiger partial charge in [-0.15, -0.1) is 24.0 Å². The van der Waals surface area contributed by atoms with E-state index >= 15 is 0 Å². The van der Waals surface area contributed by atoms with Crippen molar-refractivity contribution in [2.24, 2.45) is 4.99 Å². The molecule has 0 unspecified atom stereocenters. The topological polar surface area (TPSA) is 57.1 Å². The monoisotopic (exact) mass is 405 g/mol. The lowest BCUT2D eigenvalue weighted by molar-refractivity contribution is 0.373. The molecule has 0 aliphatic carbocycles. The van der Waals surface area contributed by atoms with Gasteiger partial charge in [-0.3, -0.25) is 0 Å². The van der Waals surface area contributed by atoms with Crippen molar-refractivity contribution in [3.63, 3.8) is 0 Å². The molecule has 1 aromatic rings. The third-order valence-electron chi connectivity index (χ3n) is 3.40. The van der Waals surface area contributed by atoms with Crippen molar-refractivity contribution in [1.82, 2.24) is 10.2 Å². The van der Waals surface area contributed by atoms with Crippen LogP contribution in [0, 0.1) is 0 Å². The Balaban J connectivity index is 0.00000220. The van der Waals surface area contributed by atoms with Crippen molar-refractivity contribution in [3.8, 4) is 11.5 Å². The minimum atomic E-state index is 0. The van der Waals surface area contributed by atoms with Crippen molar-refractivity contribution < 1.29 is 9.84 Å². The maximum absolute atomic E-state index is 9.77. The van der Waals surface area contributed by atoms with Gasteiger partial charge in [-0.1, -0.05) is 6.07 Å². The van der Waals surface area contributed by atoms with E-state index in [0.717, 1.165) is 31.2 Å². The normalized spacial score (nSPS) is 14.8. The van der Waals surface area contributed by atoms with E-state index in [1.54, 1.807) is 19.2 Å². The van der Waals surface area contributed by atoms with E-state index < -0.39 is 0 Å². The number of nitrogens with zero attached hydrogens (tertiary/aromatic N) is 2. The van der Waals surface area contributed by atoms with Crippen LogP contribution in [0.4, 0.5) is 0 Å². The smallest absolute Gasteiger partial charge is 0.194 e. The highest BCUT2D eigenvalue weighted by atomic mass is 127. The second-order valence-electron chi connectivity index (χ2n) is 4.87. The average Bonchev–Trinajstić information content (AvgIpc) is 2.97. The number of phenols is 1. The molecule has 1 heterocycles. The van der Waals surface area contributed by atoms with E-state index in [2.05, 4.69) is 22.1 Å². The summed E-state index contributed by atoms with van der Waals surface area (Å²) in [5.74, 6) is 1.61. The second-order valence-corrected chi connectivity index (χ2v) is 4.87. The Labute approximate surface area is 143 Å². The Hall–Kier alpha value is -1.18. The van der Waals surface area contributed by atoms with Crippen LogP contribution >= 0.6 is 24.0 Å². The molecular formula is C15H24IN3O2. The summed E-state index contributed by atoms with van der Waals surface area (Å²) in [7, 11) is 1.55. The molecule has 118 valence electrons. The number of rotatable bonds is 4. The number of hydrogen-bond acceptors (Lipinski definition) is 3. The molecule has 0 atom stereocenters. The van der Waals surface area contributed by atoms with Crippen molar-refractivity contribution >= 4 is 29.9 Å². The zero-order valence-electron chi connectivity index (χ0n) is 12.6. The van der Waals surface area contributed by atoms with Crippen molar-refractivity contribution in [2.45, 2.75) is 26.3 Å². The van der Waals surface area contributed by atoms with Crippen LogP contribution in [0.3, 0.4) is 0 Å². The van der Waals surface area contributed by atoms with Crippen LogP contribution in [0.15, 0.2) is 23.2 Å². The summed E-state index contributed by atoms with van der Waals surface area (Å²) in [5.41, 5.74) is 0.970. The maximum atomic E-state index is 9.77. The molecule has 1 saturated heterocycles. The van der Waals surface area contributed by atoms with Crippen LogP contribution in [0.5, 0.6) is 11.5 Å². The van der Waals surface area contributed by atoms with Gasteiger partial charge in [0, 0.05) is 19.6 Å². The second kappa shape index (κ2) is 8.96. The minimum absolute atomic E-state index is 0. The highest BCUT2D eigenvalue weighted by Crippen LogP contribution is 2.26. The number of nitrogens with one attached hydrogen (secondary N) is 1. The van der Waals surface area contributed by atoms with Crippen molar-refractivity contribution in [1.29, 1.82) is 0 Å². The molecule has 2 rings (SSSR count). The first-order valence-electron chi connectivity index (χ1n) is 7.13. The van der Waals surface area contributed by atoms with Gasteiger partial charge >= 0.3 is 0 Å². The summed E-state index contributed by atoms with van der Waals surface area (Å²) >= 11 is 0. The maximum Gasteiger partial charge on any atom is 0.194 e. The summed E-state index contributed by atoms with van der Waals surface area (Å²) in [4.78, 5) is 6.93. The Bertz CT molecular complexity index is 474. The van der Waals surface area contributed by atoms with E-state index in [1.165, 1.54) is 12.8 Å². The number of halogens is 1. The molecule has 1 aliphatic rings. The molecule has 5 nitrogen and oxygen atoms in total. The predicted octanol–water partition coefficient (Wildman–Crippen LogP) is 2.58. The first-order valence-corrected chi connectivity index (χ1v) is 7.13. The molecule has 0 bridgehead atoms. The van der Waals surface area contributed by atoms with Gasteiger partial charge in [0.2, 0.25) is 0 Å². The van der Waals surface area contributed by atoms with E-state index in [4.69, 9.17) is 4.74 Å². The summed E-state index contributed by atoms with van der Waals surface area (Å²) in [6, 6.07) is 5.40. The van der Waals surface area contributed by atoms with Gasteiger partial charge < -0.3 is 20.1 Å². The quantitative estimate of drug-likeness (QED) is 0.460. The largest absolute Gasteiger partial charge is 0.504 e. The van der Waals surface area contributed by atoms with E-state index in [-0.39, 0.29) is 29.7 Å². The zero-order chi connectivity index (χ0) is 14.4. The Morgan fingerprint density at radius 2 is 2.10 bits per heavy atom. The van der Waals surface area contributed by atoms with Crippen molar-refractivity contribution in [2.75, 3.05) is 26.7 Å². The van der Waals surface area contributed by atoms with Gasteiger partial charge in [-0.05, 0) is 37.5 Å². The van der Waals surface area contributed by atoms with E-state index in [9.17, 15) is 5.11 Å². The standard InChI is InChI=1S/C15H23N3O2.HI/c1-3-16-15(18-8-4-5-9-18)17-11-12-6-7-14(20-2)13(19)10-12;/h6-7,10,19H,3-5,8-9,11H2,1-2H3,(H,16,17);1H. The van der Waals surface area contributed by atoms with E-state index in [1.807, 2.05) is 6.07 Å². The molecule has 0 saturated carbocycles. The van der Waals surface area contributed by atoms with Gasteiger partial charge in [0.1, 0.15) is 0 Å². The molecule has 1 fully saturated rings. The van der Waals surface area contributed by atoms with Gasteiger partial charge in [-0.2, -0.15) is 0 Å². The first kappa shape index (κ1) is 17.9. The number of hydrogen-bond donors (Lipinski definition) is 2. The SMILES string of the molecule is CCNC(=NCc1ccc(OC)c(O)c1)N1CCCC1.I. The third-order valence-corrected chi connectivity index (χ3v) is 3.40. The predicted molar refractivity (Wildman–Crippen MR) is 95.7 cm³/mol.